The second-order valence-electron chi connectivity index (χ2n) is 8.71. The second kappa shape index (κ2) is 9.57. The molecule has 0 aliphatic heterocycles. The molecular weight excluding hydrogens is 428 g/mol. The van der Waals surface area contributed by atoms with Crippen LogP contribution >= 0.6 is 0 Å². The smallest absolute Gasteiger partial charge is 0 e. The van der Waals surface area contributed by atoms with Crippen molar-refractivity contribution in [1.29, 1.82) is 0 Å². The molecule has 1 heteroatoms. The van der Waals surface area contributed by atoms with Gasteiger partial charge in [-0.2, -0.15) is 11.6 Å². The first-order valence-corrected chi connectivity index (χ1v) is 11.1. The summed E-state index contributed by atoms with van der Waals surface area (Å²) < 4.78 is 0. The van der Waals surface area contributed by atoms with E-state index in [-0.39, 0.29) is 26.2 Å². The summed E-state index contributed by atoms with van der Waals surface area (Å²) in [5, 5.41) is 0. The van der Waals surface area contributed by atoms with E-state index >= 15 is 0 Å². The molecule has 0 heterocycles. The summed E-state index contributed by atoms with van der Waals surface area (Å²) in [7, 11) is 0. The van der Waals surface area contributed by atoms with Crippen molar-refractivity contribution < 1.29 is 26.2 Å². The van der Waals surface area contributed by atoms with Crippen LogP contribution in [0.3, 0.4) is 0 Å². The van der Waals surface area contributed by atoms with E-state index in [1.54, 1.807) is 22.3 Å². The fraction of sp³-hybridized carbons (Fsp3) is 0.357. The third kappa shape index (κ3) is 4.22. The fourth-order valence-corrected chi connectivity index (χ4v) is 5.90. The van der Waals surface area contributed by atoms with Crippen molar-refractivity contribution in [3.8, 4) is 0 Å². The second-order valence-corrected chi connectivity index (χ2v) is 8.71. The SMILES string of the molecule is C1=CCC2CCC(c3ccc[c-]3C3CCC4CC=CC=C43)C2=C1.[Zr].[cH-]1[cH-][cH-][cH-][cH-]1. The van der Waals surface area contributed by atoms with Crippen LogP contribution in [0.5, 0.6) is 0 Å². The van der Waals surface area contributed by atoms with E-state index in [0.29, 0.717) is 11.8 Å². The normalized spacial score (nSPS) is 29.1. The van der Waals surface area contributed by atoms with Crippen molar-refractivity contribution in [3.63, 3.8) is 0 Å². The molecule has 0 nitrogen and oxygen atoms in total. The number of allylic oxidation sites excluding steroid dienone is 8. The number of hydrogen-bond acceptors (Lipinski definition) is 0. The molecule has 0 amide bonds. The van der Waals surface area contributed by atoms with E-state index in [1.165, 1.54) is 38.5 Å². The van der Waals surface area contributed by atoms with E-state index in [9.17, 15) is 0 Å². The Morgan fingerprint density at radius 1 is 0.759 bits per heavy atom. The van der Waals surface area contributed by atoms with Gasteiger partial charge in [-0.05, 0) is 55.8 Å². The van der Waals surface area contributed by atoms with Gasteiger partial charge < -0.3 is 30.3 Å². The summed E-state index contributed by atoms with van der Waals surface area (Å²) >= 11 is 0. The molecular formula is C28H30Zr-6. The van der Waals surface area contributed by atoms with Crippen molar-refractivity contribution in [2.24, 2.45) is 11.8 Å². The van der Waals surface area contributed by atoms with Crippen LogP contribution in [-0.2, 0) is 26.2 Å². The summed E-state index contributed by atoms with van der Waals surface area (Å²) in [5.74, 6) is 3.02. The monoisotopic (exact) mass is 456 g/mol. The van der Waals surface area contributed by atoms with Crippen molar-refractivity contribution in [3.05, 3.63) is 107 Å². The number of fused-ring (bicyclic) bond motifs is 2. The minimum absolute atomic E-state index is 0. The third-order valence-corrected chi connectivity index (χ3v) is 7.24. The Bertz CT molecular complexity index is 824. The zero-order valence-electron chi connectivity index (χ0n) is 17.1. The molecule has 29 heavy (non-hydrogen) atoms. The Labute approximate surface area is 195 Å². The average Bonchev–Trinajstić information content (AvgIpc) is 3.54. The van der Waals surface area contributed by atoms with E-state index < -0.39 is 0 Å². The van der Waals surface area contributed by atoms with Gasteiger partial charge in [0.15, 0.2) is 0 Å². The third-order valence-electron chi connectivity index (χ3n) is 7.24. The molecule has 4 aliphatic rings. The van der Waals surface area contributed by atoms with Gasteiger partial charge in [0, 0.05) is 26.2 Å². The molecule has 0 bridgehead atoms. The first kappa shape index (κ1) is 20.8. The molecule has 152 valence electrons. The van der Waals surface area contributed by atoms with Crippen LogP contribution in [0.2, 0.25) is 0 Å². The van der Waals surface area contributed by atoms with E-state index in [4.69, 9.17) is 0 Å². The van der Waals surface area contributed by atoms with Crippen molar-refractivity contribution in [1.82, 2.24) is 0 Å². The maximum atomic E-state index is 2.42. The predicted molar refractivity (Wildman–Crippen MR) is 119 cm³/mol. The standard InChI is InChI=1S/C23H25.C5H5.Zr/c1-3-8-18-16(6-1)12-14-22(18)20-10-5-11-21(20)23-15-13-17-7-2-4-9-19(17)23;1-2-4-5-3-1;/h1-5,8-11,16-17,22-23H,6-7,12-15H2;1-5H;/q-1;-5;. The first-order valence-electron chi connectivity index (χ1n) is 11.1. The van der Waals surface area contributed by atoms with Crippen molar-refractivity contribution in [2.75, 3.05) is 0 Å². The molecule has 0 N–H and O–H groups in total. The van der Waals surface area contributed by atoms with Crippen LogP contribution in [-0.4, -0.2) is 0 Å². The largest absolute Gasteiger partial charge is 0.748 e. The van der Waals surface area contributed by atoms with Crippen LogP contribution in [0, 0.1) is 11.8 Å². The van der Waals surface area contributed by atoms with Gasteiger partial charge in [-0.3, -0.25) is 0 Å². The first-order chi connectivity index (χ1) is 13.9. The van der Waals surface area contributed by atoms with Crippen LogP contribution in [0.1, 0.15) is 61.5 Å². The molecule has 6 rings (SSSR count). The molecule has 0 aromatic heterocycles. The molecule has 2 saturated carbocycles. The van der Waals surface area contributed by atoms with Gasteiger partial charge in [-0.25, -0.2) is 12.1 Å². The maximum Gasteiger partial charge on any atom is 0 e. The zero-order valence-corrected chi connectivity index (χ0v) is 19.6. The topological polar surface area (TPSA) is 0 Å². The van der Waals surface area contributed by atoms with Crippen LogP contribution in [0.25, 0.3) is 0 Å². The summed E-state index contributed by atoms with van der Waals surface area (Å²) in [6.45, 7) is 0. The van der Waals surface area contributed by atoms with Gasteiger partial charge in [0.05, 0.1) is 0 Å². The average molecular weight is 458 g/mol. The van der Waals surface area contributed by atoms with Gasteiger partial charge in [0.1, 0.15) is 0 Å². The molecule has 2 fully saturated rings. The summed E-state index contributed by atoms with van der Waals surface area (Å²) in [4.78, 5) is 0. The quantitative estimate of drug-likeness (QED) is 0.408. The molecule has 2 aromatic carbocycles. The summed E-state index contributed by atoms with van der Waals surface area (Å²) in [5.41, 5.74) is 6.73. The van der Waals surface area contributed by atoms with E-state index in [0.717, 1.165) is 11.8 Å². The Balaban J connectivity index is 0.000000301. The Kier molecular flexibility index (Phi) is 6.86. The fourth-order valence-electron chi connectivity index (χ4n) is 5.90. The minimum atomic E-state index is 0. The van der Waals surface area contributed by atoms with Gasteiger partial charge in [-0.15, -0.1) is 5.56 Å². The number of rotatable bonds is 2. The zero-order chi connectivity index (χ0) is 18.8. The molecule has 2 aromatic rings. The summed E-state index contributed by atoms with van der Waals surface area (Å²) in [6.07, 6.45) is 22.1. The maximum absolute atomic E-state index is 2.42. The van der Waals surface area contributed by atoms with Crippen LogP contribution in [0.4, 0.5) is 0 Å². The van der Waals surface area contributed by atoms with Gasteiger partial charge in [-0.1, -0.05) is 54.0 Å². The van der Waals surface area contributed by atoms with Crippen LogP contribution < -0.4 is 0 Å². The Morgan fingerprint density at radius 3 is 2.10 bits per heavy atom. The molecule has 0 saturated heterocycles. The van der Waals surface area contributed by atoms with E-state index in [1.807, 2.05) is 30.3 Å². The summed E-state index contributed by atoms with van der Waals surface area (Å²) in [6, 6.07) is 17.2. The van der Waals surface area contributed by atoms with Crippen molar-refractivity contribution >= 4 is 0 Å². The molecule has 4 aliphatic carbocycles. The molecule has 4 unspecified atom stereocenters. The Morgan fingerprint density at radius 2 is 1.38 bits per heavy atom. The molecule has 4 atom stereocenters. The minimum Gasteiger partial charge on any atom is -0.748 e. The Hall–Kier alpha value is -1.46. The van der Waals surface area contributed by atoms with Gasteiger partial charge >= 0.3 is 0 Å². The van der Waals surface area contributed by atoms with Gasteiger partial charge in [0.2, 0.25) is 0 Å². The van der Waals surface area contributed by atoms with E-state index in [2.05, 4.69) is 54.7 Å². The number of hydrogen-bond donors (Lipinski definition) is 0. The predicted octanol–water partition coefficient (Wildman–Crippen LogP) is 7.57. The molecule has 0 radical (unpaired) electrons. The van der Waals surface area contributed by atoms with Gasteiger partial charge in [0.25, 0.3) is 0 Å². The van der Waals surface area contributed by atoms with Crippen molar-refractivity contribution in [2.45, 2.75) is 50.4 Å². The molecule has 0 spiro atoms. The van der Waals surface area contributed by atoms with Crippen LogP contribution in [0.15, 0.2) is 96.1 Å².